The van der Waals surface area contributed by atoms with Crippen molar-refractivity contribution in [2.75, 3.05) is 0 Å². The monoisotopic (exact) mass is 404 g/mol. The fraction of sp³-hybridized carbons (Fsp3) is 0. The van der Waals surface area contributed by atoms with Crippen LogP contribution < -0.4 is 0 Å². The second kappa shape index (κ2) is 6.85. The topological polar surface area (TPSA) is 17.8 Å². The first-order valence-electron chi connectivity index (χ1n) is 7.47. The highest BCUT2D eigenvalue weighted by atomic mass is 35.5. The largest absolute Gasteiger partial charge is 0.232 e. The molecule has 2 heterocycles. The predicted molar refractivity (Wildman–Crippen MR) is 107 cm³/mol. The predicted octanol–water partition coefficient (Wildman–Crippen LogP) is 7.23. The van der Waals surface area contributed by atoms with E-state index in [9.17, 15) is 0 Å². The molecular weight excluding hydrogens is 395 g/mol. The van der Waals surface area contributed by atoms with Gasteiger partial charge in [0.15, 0.2) is 0 Å². The van der Waals surface area contributed by atoms with Gasteiger partial charge in [-0.3, -0.25) is 0 Å². The Bertz CT molecular complexity index is 955. The van der Waals surface area contributed by atoms with E-state index in [1.165, 1.54) is 0 Å². The van der Waals surface area contributed by atoms with Crippen molar-refractivity contribution in [2.45, 2.75) is 0 Å². The molecule has 25 heavy (non-hydrogen) atoms. The number of nitrogens with zero attached hydrogens (tertiary/aromatic N) is 2. The second-order valence-corrected chi connectivity index (χ2v) is 7.60. The lowest BCUT2D eigenvalue weighted by atomic mass is 10.1. The van der Waals surface area contributed by atoms with Gasteiger partial charge in [0.05, 0.1) is 21.3 Å². The van der Waals surface area contributed by atoms with Crippen LogP contribution in [0, 0.1) is 0 Å². The number of rotatable bonds is 3. The SMILES string of the molecule is Clc1ccc(-c2cc(-c3sccc3Cl)nn2-c2ccc(Cl)cc2)cc1. The van der Waals surface area contributed by atoms with Crippen molar-refractivity contribution in [1.29, 1.82) is 0 Å². The van der Waals surface area contributed by atoms with Gasteiger partial charge >= 0.3 is 0 Å². The van der Waals surface area contributed by atoms with Crippen LogP contribution in [0.25, 0.3) is 27.5 Å². The molecule has 2 aromatic heterocycles. The van der Waals surface area contributed by atoms with Gasteiger partial charge in [-0.2, -0.15) is 5.10 Å². The van der Waals surface area contributed by atoms with Crippen molar-refractivity contribution in [3.8, 4) is 27.5 Å². The molecule has 4 rings (SSSR count). The van der Waals surface area contributed by atoms with Gasteiger partial charge in [-0.15, -0.1) is 11.3 Å². The molecule has 6 heteroatoms. The van der Waals surface area contributed by atoms with Crippen LogP contribution in [0.4, 0.5) is 0 Å². The Morgan fingerprint density at radius 2 is 1.44 bits per heavy atom. The highest BCUT2D eigenvalue weighted by Crippen LogP contribution is 2.36. The maximum absolute atomic E-state index is 6.30. The van der Waals surface area contributed by atoms with Crippen LogP contribution in [0.3, 0.4) is 0 Å². The fourth-order valence-electron chi connectivity index (χ4n) is 2.57. The van der Waals surface area contributed by atoms with Crippen LogP contribution in [-0.2, 0) is 0 Å². The van der Waals surface area contributed by atoms with E-state index in [0.29, 0.717) is 15.1 Å². The molecule has 124 valence electrons. The zero-order valence-electron chi connectivity index (χ0n) is 12.8. The maximum Gasteiger partial charge on any atom is 0.105 e. The van der Waals surface area contributed by atoms with Gasteiger partial charge in [0.1, 0.15) is 5.69 Å². The summed E-state index contributed by atoms with van der Waals surface area (Å²) in [6.07, 6.45) is 0. The van der Waals surface area contributed by atoms with Crippen molar-refractivity contribution in [2.24, 2.45) is 0 Å². The van der Waals surface area contributed by atoms with Crippen molar-refractivity contribution in [1.82, 2.24) is 9.78 Å². The molecule has 0 amide bonds. The van der Waals surface area contributed by atoms with Gasteiger partial charge in [-0.25, -0.2) is 4.68 Å². The highest BCUT2D eigenvalue weighted by Gasteiger charge is 2.15. The van der Waals surface area contributed by atoms with E-state index >= 15 is 0 Å². The average Bonchev–Trinajstić information content (AvgIpc) is 3.22. The molecule has 0 saturated heterocycles. The number of thiophene rings is 1. The minimum Gasteiger partial charge on any atom is -0.232 e. The van der Waals surface area contributed by atoms with E-state index < -0.39 is 0 Å². The molecule has 0 unspecified atom stereocenters. The van der Waals surface area contributed by atoms with E-state index in [1.54, 1.807) is 11.3 Å². The van der Waals surface area contributed by atoms with Crippen molar-refractivity contribution in [3.63, 3.8) is 0 Å². The van der Waals surface area contributed by atoms with E-state index in [-0.39, 0.29) is 0 Å². The number of hydrogen-bond acceptors (Lipinski definition) is 2. The number of halogens is 3. The van der Waals surface area contributed by atoms with Crippen molar-refractivity contribution in [3.05, 3.63) is 81.1 Å². The quantitative estimate of drug-likeness (QED) is 0.351. The molecule has 0 bridgehead atoms. The van der Waals surface area contributed by atoms with Gasteiger partial charge in [0, 0.05) is 15.6 Å². The van der Waals surface area contributed by atoms with Crippen molar-refractivity contribution < 1.29 is 0 Å². The maximum atomic E-state index is 6.30. The van der Waals surface area contributed by atoms with Gasteiger partial charge in [0.25, 0.3) is 0 Å². The van der Waals surface area contributed by atoms with Gasteiger partial charge in [0.2, 0.25) is 0 Å². The lowest BCUT2D eigenvalue weighted by Crippen LogP contribution is -1.98. The number of aromatic nitrogens is 2. The lowest BCUT2D eigenvalue weighted by Gasteiger charge is -2.08. The number of benzene rings is 2. The fourth-order valence-corrected chi connectivity index (χ4v) is 3.94. The third kappa shape index (κ3) is 3.33. The molecule has 2 aromatic carbocycles. The van der Waals surface area contributed by atoms with Crippen LogP contribution in [0.2, 0.25) is 15.1 Å². The van der Waals surface area contributed by atoms with Crippen LogP contribution in [0.1, 0.15) is 0 Å². The standard InChI is InChI=1S/C19H11Cl3N2S/c20-13-3-1-12(2-4-13)18-11-17(19-16(22)9-10-25-19)23-24(18)15-7-5-14(21)6-8-15/h1-11H. The Hall–Kier alpha value is -1.78. The van der Waals surface area contributed by atoms with E-state index in [2.05, 4.69) is 0 Å². The lowest BCUT2D eigenvalue weighted by molar-refractivity contribution is 0.893. The Morgan fingerprint density at radius 1 is 0.800 bits per heavy atom. The average molecular weight is 406 g/mol. The summed E-state index contributed by atoms with van der Waals surface area (Å²) in [4.78, 5) is 0.949. The van der Waals surface area contributed by atoms with E-state index in [4.69, 9.17) is 39.9 Å². The summed E-state index contributed by atoms with van der Waals surface area (Å²) >= 11 is 19.9. The molecular formula is C19H11Cl3N2S. The third-order valence-corrected chi connectivity index (χ3v) is 5.64. The smallest absolute Gasteiger partial charge is 0.105 e. The molecule has 0 N–H and O–H groups in total. The Kier molecular flexibility index (Phi) is 4.57. The van der Waals surface area contributed by atoms with Crippen LogP contribution in [0.15, 0.2) is 66.0 Å². The Morgan fingerprint density at radius 3 is 2.04 bits per heavy atom. The molecule has 4 aromatic rings. The molecule has 0 aliphatic heterocycles. The zero-order valence-corrected chi connectivity index (χ0v) is 15.9. The normalized spacial score (nSPS) is 11.0. The van der Waals surface area contributed by atoms with Crippen LogP contribution in [-0.4, -0.2) is 9.78 Å². The highest BCUT2D eigenvalue weighted by molar-refractivity contribution is 7.14. The van der Waals surface area contributed by atoms with Crippen molar-refractivity contribution >= 4 is 46.1 Å². The first-order chi connectivity index (χ1) is 12.1. The first-order valence-corrected chi connectivity index (χ1v) is 9.48. The molecule has 0 fully saturated rings. The van der Waals surface area contributed by atoms with Gasteiger partial charge in [-0.1, -0.05) is 46.9 Å². The Labute approximate surface area is 164 Å². The molecule has 0 aliphatic carbocycles. The van der Waals surface area contributed by atoms with E-state index in [0.717, 1.165) is 27.5 Å². The molecule has 0 radical (unpaired) electrons. The minimum atomic E-state index is 0.686. The summed E-state index contributed by atoms with van der Waals surface area (Å²) in [6, 6.07) is 19.2. The van der Waals surface area contributed by atoms with Crippen LogP contribution in [0.5, 0.6) is 0 Å². The minimum absolute atomic E-state index is 0.686. The summed E-state index contributed by atoms with van der Waals surface area (Å²) in [6.45, 7) is 0. The summed E-state index contributed by atoms with van der Waals surface area (Å²) < 4.78 is 1.89. The van der Waals surface area contributed by atoms with E-state index in [1.807, 2.05) is 70.7 Å². The summed E-state index contributed by atoms with van der Waals surface area (Å²) in [5.41, 5.74) is 3.73. The second-order valence-electron chi connectivity index (χ2n) is 5.41. The zero-order chi connectivity index (χ0) is 17.4. The molecule has 0 saturated carbocycles. The van der Waals surface area contributed by atoms with Crippen LogP contribution >= 0.6 is 46.1 Å². The molecule has 0 atom stereocenters. The van der Waals surface area contributed by atoms with Gasteiger partial charge < -0.3 is 0 Å². The van der Waals surface area contributed by atoms with Gasteiger partial charge in [-0.05, 0) is 53.9 Å². The molecule has 2 nitrogen and oxygen atoms in total. The first kappa shape index (κ1) is 16.7. The third-order valence-electron chi connectivity index (χ3n) is 3.77. The summed E-state index contributed by atoms with van der Waals surface area (Å²) in [5, 5.41) is 8.82. The molecule has 0 spiro atoms. The molecule has 0 aliphatic rings. The summed E-state index contributed by atoms with van der Waals surface area (Å²) in [5.74, 6) is 0. The summed E-state index contributed by atoms with van der Waals surface area (Å²) in [7, 11) is 0. The number of hydrogen-bond donors (Lipinski definition) is 0. The Balaban J connectivity index is 1.91.